The smallest absolute Gasteiger partial charge is 0.312 e. The van der Waals surface area contributed by atoms with Crippen LogP contribution < -0.4 is 10.0 Å². The van der Waals surface area contributed by atoms with Crippen molar-refractivity contribution in [1.82, 2.24) is 19.1 Å². The Balaban J connectivity index is 1.77. The highest BCUT2D eigenvalue weighted by atomic mass is 32.2. The third-order valence-electron chi connectivity index (χ3n) is 5.22. The standard InChI is InChI=1S/C20H21F4N5O5S/c1-27(2)19(31)20(32)29-5-4-10(8-29)26-35(33,34)14-9-28(3)17(16(14)24)18(30)25-11-6-12(21)15(23)13(22)7-11/h6-7,9-10,26H,4-5,8H2,1-3H3,(H,25,30)/t10-/m1/s1. The van der Waals surface area contributed by atoms with Crippen LogP contribution in [-0.2, 0) is 26.7 Å². The summed E-state index contributed by atoms with van der Waals surface area (Å²) in [5, 5.41) is 1.98. The molecule has 15 heteroatoms. The molecule has 0 aliphatic carbocycles. The summed E-state index contributed by atoms with van der Waals surface area (Å²) in [7, 11) is -0.555. The van der Waals surface area contributed by atoms with Gasteiger partial charge in [-0.05, 0) is 6.42 Å². The van der Waals surface area contributed by atoms with Crippen molar-refractivity contribution in [2.24, 2.45) is 7.05 Å². The van der Waals surface area contributed by atoms with Gasteiger partial charge in [0.1, 0.15) is 10.6 Å². The maximum atomic E-state index is 15.0. The fraction of sp³-hybridized carbons (Fsp3) is 0.350. The second-order valence-corrected chi connectivity index (χ2v) is 9.71. The lowest BCUT2D eigenvalue weighted by Gasteiger charge is -2.18. The molecule has 1 saturated heterocycles. The topological polar surface area (TPSA) is 121 Å². The summed E-state index contributed by atoms with van der Waals surface area (Å²) in [4.78, 5) is 37.8. The number of anilines is 1. The molecule has 2 heterocycles. The molecule has 1 aliphatic rings. The first-order valence-corrected chi connectivity index (χ1v) is 11.5. The van der Waals surface area contributed by atoms with Gasteiger partial charge in [0, 0.05) is 64.3 Å². The molecule has 1 fully saturated rings. The molecule has 0 saturated carbocycles. The normalized spacial score (nSPS) is 15.9. The second-order valence-electron chi connectivity index (χ2n) is 8.03. The number of likely N-dealkylation sites (N-methyl/N-ethyl adjacent to an activating group) is 1. The summed E-state index contributed by atoms with van der Waals surface area (Å²) in [6, 6.07) is 0.135. The molecule has 0 unspecified atom stereocenters. The van der Waals surface area contributed by atoms with Crippen LogP contribution in [0.3, 0.4) is 0 Å². The molecule has 2 N–H and O–H groups in total. The number of aryl methyl sites for hydroxylation is 1. The van der Waals surface area contributed by atoms with Crippen LogP contribution in [0.2, 0.25) is 0 Å². The van der Waals surface area contributed by atoms with E-state index >= 15 is 4.39 Å². The number of carbonyl (C=O) groups excluding carboxylic acids is 3. The first-order chi connectivity index (χ1) is 16.2. The van der Waals surface area contributed by atoms with E-state index in [2.05, 4.69) is 4.72 Å². The molecule has 1 aliphatic heterocycles. The Bertz CT molecular complexity index is 1290. The van der Waals surface area contributed by atoms with E-state index in [1.54, 1.807) is 0 Å². The average molecular weight is 519 g/mol. The van der Waals surface area contributed by atoms with Gasteiger partial charge < -0.3 is 19.7 Å². The van der Waals surface area contributed by atoms with Crippen LogP contribution in [0.25, 0.3) is 0 Å². The number of carbonyl (C=O) groups is 3. The van der Waals surface area contributed by atoms with Crippen LogP contribution in [-0.4, -0.2) is 73.7 Å². The average Bonchev–Trinajstić information content (AvgIpc) is 3.34. The number of sulfonamides is 1. The minimum absolute atomic E-state index is 0.0985. The molecule has 0 spiro atoms. The number of benzene rings is 1. The highest BCUT2D eigenvalue weighted by molar-refractivity contribution is 7.89. The van der Waals surface area contributed by atoms with Gasteiger partial charge in [-0.15, -0.1) is 0 Å². The number of amides is 3. The predicted octanol–water partition coefficient (Wildman–Crippen LogP) is 0.801. The number of rotatable bonds is 5. The number of nitrogens with zero attached hydrogens (tertiary/aromatic N) is 3. The van der Waals surface area contributed by atoms with E-state index in [-0.39, 0.29) is 19.5 Å². The van der Waals surface area contributed by atoms with Crippen molar-refractivity contribution in [1.29, 1.82) is 0 Å². The zero-order valence-corrected chi connectivity index (χ0v) is 19.6. The number of halogens is 4. The lowest BCUT2D eigenvalue weighted by atomic mass is 10.2. The molecule has 0 bridgehead atoms. The minimum Gasteiger partial charge on any atom is -0.343 e. The van der Waals surface area contributed by atoms with Gasteiger partial charge in [0.25, 0.3) is 5.91 Å². The van der Waals surface area contributed by atoms with Gasteiger partial charge in [-0.3, -0.25) is 14.4 Å². The van der Waals surface area contributed by atoms with E-state index in [9.17, 15) is 36.0 Å². The quantitative estimate of drug-likeness (QED) is 0.344. The van der Waals surface area contributed by atoms with Gasteiger partial charge in [-0.25, -0.2) is 30.7 Å². The zero-order chi connectivity index (χ0) is 26.2. The summed E-state index contributed by atoms with van der Waals surface area (Å²) in [5.41, 5.74) is -1.28. The molecule has 1 atom stereocenters. The number of hydrogen-bond acceptors (Lipinski definition) is 5. The summed E-state index contributed by atoms with van der Waals surface area (Å²) >= 11 is 0. The SMILES string of the molecule is CN(C)C(=O)C(=O)N1CC[C@@H](NS(=O)(=O)c2cn(C)c(C(=O)Nc3cc(F)c(F)c(F)c3)c2F)C1. The van der Waals surface area contributed by atoms with Gasteiger partial charge in [0.2, 0.25) is 10.0 Å². The van der Waals surface area contributed by atoms with E-state index in [0.717, 1.165) is 20.6 Å². The largest absolute Gasteiger partial charge is 0.343 e. The third kappa shape index (κ3) is 5.30. The Labute approximate surface area is 197 Å². The van der Waals surface area contributed by atoms with E-state index < -0.39 is 73.3 Å². The predicted molar refractivity (Wildman–Crippen MR) is 114 cm³/mol. The number of aromatic nitrogens is 1. The third-order valence-corrected chi connectivity index (χ3v) is 6.73. The molecule has 3 rings (SSSR count). The maximum absolute atomic E-state index is 15.0. The number of nitrogens with one attached hydrogen (secondary N) is 2. The molecule has 1 aromatic carbocycles. The van der Waals surface area contributed by atoms with Crippen LogP contribution in [0.4, 0.5) is 23.2 Å². The molecule has 10 nitrogen and oxygen atoms in total. The Hall–Kier alpha value is -3.46. The second kappa shape index (κ2) is 9.65. The van der Waals surface area contributed by atoms with Crippen molar-refractivity contribution < 1.29 is 40.4 Å². The summed E-state index contributed by atoms with van der Waals surface area (Å²) in [6.07, 6.45) is 0.987. The minimum atomic E-state index is -4.52. The highest BCUT2D eigenvalue weighted by Crippen LogP contribution is 2.24. The van der Waals surface area contributed by atoms with E-state index in [1.807, 2.05) is 5.32 Å². The lowest BCUT2D eigenvalue weighted by Crippen LogP contribution is -2.43. The van der Waals surface area contributed by atoms with Crippen molar-refractivity contribution in [3.63, 3.8) is 0 Å². The molecule has 3 amide bonds. The molecule has 190 valence electrons. The molecule has 2 aromatic rings. The fourth-order valence-corrected chi connectivity index (χ4v) is 4.87. The lowest BCUT2D eigenvalue weighted by molar-refractivity contribution is -0.149. The Morgan fingerprint density at radius 1 is 1.06 bits per heavy atom. The number of likely N-dealkylation sites (tertiary alicyclic amines) is 1. The zero-order valence-electron chi connectivity index (χ0n) is 18.7. The fourth-order valence-electron chi connectivity index (χ4n) is 3.48. The van der Waals surface area contributed by atoms with Crippen molar-refractivity contribution in [2.75, 3.05) is 32.5 Å². The van der Waals surface area contributed by atoms with Crippen LogP contribution in [0.5, 0.6) is 0 Å². The van der Waals surface area contributed by atoms with Crippen LogP contribution in [0.15, 0.2) is 23.2 Å². The van der Waals surface area contributed by atoms with E-state index in [1.165, 1.54) is 21.1 Å². The molecule has 35 heavy (non-hydrogen) atoms. The van der Waals surface area contributed by atoms with Crippen LogP contribution in [0, 0.1) is 23.3 Å². The molecular weight excluding hydrogens is 498 g/mol. The van der Waals surface area contributed by atoms with Gasteiger partial charge in [-0.2, -0.15) is 0 Å². The Kier molecular flexibility index (Phi) is 7.21. The van der Waals surface area contributed by atoms with Crippen LogP contribution in [0.1, 0.15) is 16.9 Å². The van der Waals surface area contributed by atoms with E-state index in [4.69, 9.17) is 0 Å². The first kappa shape index (κ1) is 26.2. The maximum Gasteiger partial charge on any atom is 0.312 e. The van der Waals surface area contributed by atoms with E-state index in [0.29, 0.717) is 12.1 Å². The van der Waals surface area contributed by atoms with Crippen molar-refractivity contribution >= 4 is 33.4 Å². The monoisotopic (exact) mass is 519 g/mol. The van der Waals surface area contributed by atoms with Crippen molar-refractivity contribution in [2.45, 2.75) is 17.4 Å². The van der Waals surface area contributed by atoms with Gasteiger partial charge in [0.15, 0.2) is 23.3 Å². The van der Waals surface area contributed by atoms with Gasteiger partial charge in [0.05, 0.1) is 0 Å². The first-order valence-electron chi connectivity index (χ1n) is 10.1. The van der Waals surface area contributed by atoms with Gasteiger partial charge in [-0.1, -0.05) is 0 Å². The Morgan fingerprint density at radius 2 is 1.66 bits per heavy atom. The van der Waals surface area contributed by atoms with Crippen LogP contribution >= 0.6 is 0 Å². The van der Waals surface area contributed by atoms with Crippen molar-refractivity contribution in [3.8, 4) is 0 Å². The summed E-state index contributed by atoms with van der Waals surface area (Å²) < 4.78 is 83.6. The summed E-state index contributed by atoms with van der Waals surface area (Å²) in [6.45, 7) is -0.0253. The molecule has 1 aromatic heterocycles. The summed E-state index contributed by atoms with van der Waals surface area (Å²) in [5.74, 6) is -9.20. The Morgan fingerprint density at radius 3 is 2.23 bits per heavy atom. The molecular formula is C20H21F4N5O5S. The molecule has 0 radical (unpaired) electrons. The highest BCUT2D eigenvalue weighted by Gasteiger charge is 2.35. The number of hydrogen-bond donors (Lipinski definition) is 2. The van der Waals surface area contributed by atoms with Gasteiger partial charge >= 0.3 is 11.8 Å². The van der Waals surface area contributed by atoms with Crippen molar-refractivity contribution in [3.05, 3.63) is 47.3 Å².